The molecule has 3 aromatic carbocycles. The molecule has 386 valence electrons. The van der Waals surface area contributed by atoms with E-state index in [1.165, 1.54) is 22.7 Å². The Kier molecular flexibility index (Phi) is 13.8. The van der Waals surface area contributed by atoms with Crippen molar-refractivity contribution in [1.82, 2.24) is 54.3 Å². The van der Waals surface area contributed by atoms with Crippen molar-refractivity contribution in [2.45, 2.75) is 110 Å². The maximum Gasteiger partial charge on any atom is 0.410 e. The standard InChI is InChI=1S/C30H32N6O5S.C22H25N5O4S/c1-18-34-36-16-21(31-28(36)42-18)26-32-25-22(13-8-14-23(25)40-26)39-17-20-12-9-15-35(20)27(37)24(19-10-6-5-7-11-19)33-29(38)41-30(2,3)4;1-13-25-27-11-15(23-20(27)32-13)19-24-18-16(8-5-9-17(18)30-19)29-12-14-7-6-10-26(14)21(28)31-22(2,3)4/h5-8,10-11,13-14,16,20,24H,9,12,15,17H2,1-4H3,(H,33,38);5,8-9,11,14H,6-7,10,12H2,1-4H3/t20-,24+;14-/m00/s1. The molecule has 2 aliphatic rings. The number of aromatic nitrogens is 8. The molecule has 0 aliphatic carbocycles. The van der Waals surface area contributed by atoms with Gasteiger partial charge in [-0.2, -0.15) is 10.2 Å². The highest BCUT2D eigenvalue weighted by atomic mass is 32.1. The smallest absolute Gasteiger partial charge is 0.410 e. The Bertz CT molecular complexity index is 3410. The van der Waals surface area contributed by atoms with Crippen molar-refractivity contribution >= 4 is 72.9 Å². The number of nitrogens with one attached hydrogen (secondary N) is 1. The minimum Gasteiger partial charge on any atom is -0.489 e. The topological polar surface area (TPSA) is 219 Å². The lowest BCUT2D eigenvalue weighted by molar-refractivity contribution is -0.135. The van der Waals surface area contributed by atoms with Gasteiger partial charge in [-0.15, -0.1) is 0 Å². The molecule has 9 aromatic rings. The number of benzene rings is 3. The van der Waals surface area contributed by atoms with Crippen LogP contribution in [-0.2, 0) is 14.3 Å². The number of hydrogen-bond donors (Lipinski definition) is 1. The van der Waals surface area contributed by atoms with Gasteiger partial charge in [0.05, 0.1) is 24.5 Å². The largest absolute Gasteiger partial charge is 0.489 e. The fraction of sp³-hybridized carbons (Fsp3) is 0.404. The number of carbonyl (C=O) groups excluding carboxylic acids is 3. The average molecular weight is 1040 g/mol. The predicted octanol–water partition coefficient (Wildman–Crippen LogP) is 10.2. The molecule has 11 rings (SSSR count). The predicted molar refractivity (Wildman–Crippen MR) is 277 cm³/mol. The Labute approximate surface area is 433 Å². The molecule has 0 bridgehead atoms. The first kappa shape index (κ1) is 50.0. The van der Waals surface area contributed by atoms with Gasteiger partial charge < -0.3 is 42.9 Å². The zero-order valence-electron chi connectivity index (χ0n) is 42.4. The highest BCUT2D eigenvalue weighted by Crippen LogP contribution is 2.34. The maximum absolute atomic E-state index is 13.9. The first-order chi connectivity index (χ1) is 35.4. The summed E-state index contributed by atoms with van der Waals surface area (Å²) >= 11 is 3.00. The summed E-state index contributed by atoms with van der Waals surface area (Å²) in [4.78, 5) is 62.6. The highest BCUT2D eigenvalue weighted by molar-refractivity contribution is 7.16. The number of carbonyl (C=O) groups is 3. The molecule has 1 N–H and O–H groups in total. The van der Waals surface area contributed by atoms with Crippen molar-refractivity contribution in [2.24, 2.45) is 0 Å². The van der Waals surface area contributed by atoms with Crippen LogP contribution in [0, 0.1) is 13.8 Å². The van der Waals surface area contributed by atoms with Crippen LogP contribution < -0.4 is 14.8 Å². The van der Waals surface area contributed by atoms with E-state index in [4.69, 9.17) is 27.8 Å². The molecule has 22 heteroatoms. The van der Waals surface area contributed by atoms with Crippen LogP contribution >= 0.6 is 22.7 Å². The molecule has 2 fully saturated rings. The van der Waals surface area contributed by atoms with Gasteiger partial charge in [0.15, 0.2) is 22.2 Å². The molecule has 2 aliphatic heterocycles. The monoisotopic (exact) mass is 1040 g/mol. The molecule has 0 spiro atoms. The van der Waals surface area contributed by atoms with Crippen molar-refractivity contribution in [3.8, 4) is 34.7 Å². The van der Waals surface area contributed by atoms with Gasteiger partial charge in [-0.25, -0.2) is 38.6 Å². The van der Waals surface area contributed by atoms with Gasteiger partial charge in [-0.1, -0.05) is 65.1 Å². The quantitative estimate of drug-likeness (QED) is 0.127. The molecular weight excluding hydrogens is 987 g/mol. The van der Waals surface area contributed by atoms with Crippen molar-refractivity contribution < 1.29 is 42.2 Å². The molecule has 6 aromatic heterocycles. The summed E-state index contributed by atoms with van der Waals surface area (Å²) in [6.07, 6.45) is 6.06. The Morgan fingerprint density at radius 2 is 1.16 bits per heavy atom. The van der Waals surface area contributed by atoms with Crippen LogP contribution in [0.2, 0.25) is 0 Å². The normalized spacial score (nSPS) is 16.5. The third-order valence-electron chi connectivity index (χ3n) is 12.1. The highest BCUT2D eigenvalue weighted by Gasteiger charge is 2.37. The number of para-hydroxylation sites is 2. The fourth-order valence-electron chi connectivity index (χ4n) is 8.87. The summed E-state index contributed by atoms with van der Waals surface area (Å²) in [7, 11) is 0. The number of fused-ring (bicyclic) bond motifs is 4. The lowest BCUT2D eigenvalue weighted by Gasteiger charge is -2.30. The number of imidazole rings is 2. The minimum absolute atomic E-state index is 0.0410. The van der Waals surface area contributed by atoms with E-state index in [0.717, 1.165) is 45.6 Å². The summed E-state index contributed by atoms with van der Waals surface area (Å²) < 4.78 is 38.8. The van der Waals surface area contributed by atoms with Crippen LogP contribution in [0.3, 0.4) is 0 Å². The summed E-state index contributed by atoms with van der Waals surface area (Å²) in [5, 5.41) is 13.4. The minimum atomic E-state index is -0.883. The number of amides is 3. The molecule has 0 unspecified atom stereocenters. The number of aryl methyl sites for hydroxylation is 2. The van der Waals surface area contributed by atoms with E-state index in [1.54, 1.807) is 52.0 Å². The SMILES string of the molecule is Cc1nn2cc(-c3nc4c(OC[C@@H]5CCCN5C(=O)OC(C)(C)C)cccc4o3)nc2s1.Cc1nn2cc(-c3nc4c(OC[C@@H]5CCCN5C(=O)[C@H](NC(=O)OC(C)(C)C)c5ccccc5)cccc4o3)nc2s1. The van der Waals surface area contributed by atoms with Gasteiger partial charge in [0.2, 0.25) is 27.6 Å². The van der Waals surface area contributed by atoms with Gasteiger partial charge in [-0.05, 0) is 111 Å². The van der Waals surface area contributed by atoms with E-state index < -0.39 is 23.3 Å². The van der Waals surface area contributed by atoms with Gasteiger partial charge in [-0.3, -0.25) is 4.79 Å². The van der Waals surface area contributed by atoms with Crippen LogP contribution in [-0.4, -0.2) is 117 Å². The van der Waals surface area contributed by atoms with Crippen LogP contribution in [0.5, 0.6) is 11.5 Å². The number of ether oxygens (including phenoxy) is 4. The van der Waals surface area contributed by atoms with Gasteiger partial charge >= 0.3 is 12.2 Å². The van der Waals surface area contributed by atoms with Gasteiger partial charge in [0, 0.05) is 13.1 Å². The van der Waals surface area contributed by atoms with Crippen molar-refractivity contribution in [1.29, 1.82) is 0 Å². The van der Waals surface area contributed by atoms with Crippen LogP contribution in [0.1, 0.15) is 88.8 Å². The van der Waals surface area contributed by atoms with Crippen molar-refractivity contribution in [3.05, 3.63) is 94.7 Å². The lowest BCUT2D eigenvalue weighted by Crippen LogP contribution is -2.47. The average Bonchev–Trinajstić information content (AvgIpc) is 4.20. The second kappa shape index (κ2) is 20.4. The Morgan fingerprint density at radius 1 is 0.662 bits per heavy atom. The van der Waals surface area contributed by atoms with Gasteiger partial charge in [0.1, 0.15) is 63.4 Å². The van der Waals surface area contributed by atoms with E-state index in [1.807, 2.05) is 101 Å². The summed E-state index contributed by atoms with van der Waals surface area (Å²) in [6.45, 7) is 16.7. The number of rotatable bonds is 11. The van der Waals surface area contributed by atoms with E-state index in [2.05, 4.69) is 35.5 Å². The van der Waals surface area contributed by atoms with E-state index in [-0.39, 0.29) is 30.7 Å². The van der Waals surface area contributed by atoms with Crippen LogP contribution in [0.4, 0.5) is 9.59 Å². The number of likely N-dealkylation sites (tertiary alicyclic amines) is 2. The molecule has 2 saturated heterocycles. The third-order valence-corrected chi connectivity index (χ3v) is 13.7. The second-order valence-corrected chi connectivity index (χ2v) is 22.4. The summed E-state index contributed by atoms with van der Waals surface area (Å²) in [6, 6.07) is 19.2. The van der Waals surface area contributed by atoms with Crippen molar-refractivity contribution in [3.63, 3.8) is 0 Å². The number of nitrogens with zero attached hydrogens (tertiary/aromatic N) is 10. The van der Waals surface area contributed by atoms with Gasteiger partial charge in [0.25, 0.3) is 0 Å². The van der Waals surface area contributed by atoms with Crippen LogP contribution in [0.25, 0.3) is 55.3 Å². The zero-order chi connectivity index (χ0) is 51.9. The summed E-state index contributed by atoms with van der Waals surface area (Å²) in [5.41, 5.74) is 3.09. The number of oxazole rings is 2. The molecule has 8 heterocycles. The fourth-order valence-corrected chi connectivity index (χ4v) is 10.3. The van der Waals surface area contributed by atoms with E-state index >= 15 is 0 Å². The zero-order valence-corrected chi connectivity index (χ0v) is 44.0. The third kappa shape index (κ3) is 11.1. The Hall–Kier alpha value is -7.59. The maximum atomic E-state index is 13.9. The lowest BCUT2D eigenvalue weighted by atomic mass is 10.1. The summed E-state index contributed by atoms with van der Waals surface area (Å²) in [5.74, 6) is 1.77. The Morgan fingerprint density at radius 3 is 1.66 bits per heavy atom. The number of alkyl carbamates (subject to hydrolysis) is 1. The molecule has 0 saturated carbocycles. The molecule has 3 amide bonds. The molecule has 3 atom stereocenters. The number of hydrogen-bond acceptors (Lipinski definition) is 17. The van der Waals surface area contributed by atoms with E-state index in [9.17, 15) is 14.4 Å². The molecule has 0 radical (unpaired) electrons. The second-order valence-electron chi connectivity index (χ2n) is 20.1. The van der Waals surface area contributed by atoms with Crippen LogP contribution in [0.15, 0.2) is 88.0 Å². The van der Waals surface area contributed by atoms with Crippen molar-refractivity contribution in [2.75, 3.05) is 26.3 Å². The first-order valence-corrected chi connectivity index (χ1v) is 26.1. The molecular formula is C52H57N11O9S2. The first-order valence-electron chi connectivity index (χ1n) is 24.5. The molecule has 74 heavy (non-hydrogen) atoms. The Balaban J connectivity index is 0.000000175. The van der Waals surface area contributed by atoms with E-state index in [0.29, 0.717) is 82.1 Å². The molecule has 20 nitrogen and oxygen atoms in total.